The van der Waals surface area contributed by atoms with Gasteiger partial charge in [0.1, 0.15) is 5.75 Å². The molecular formula is C13H14N2O. The van der Waals surface area contributed by atoms with Gasteiger partial charge in [-0.3, -0.25) is 0 Å². The number of nitrogens with one attached hydrogen (secondary N) is 1. The maximum atomic E-state index is 9.52. The van der Waals surface area contributed by atoms with E-state index in [0.29, 0.717) is 11.7 Å². The first-order valence-corrected chi connectivity index (χ1v) is 5.62. The maximum absolute atomic E-state index is 9.52. The molecule has 1 aromatic carbocycles. The van der Waals surface area contributed by atoms with E-state index < -0.39 is 0 Å². The van der Waals surface area contributed by atoms with Crippen LogP contribution in [0, 0.1) is 0 Å². The Bertz CT molecular complexity index is 491. The highest BCUT2D eigenvalue weighted by Crippen LogP contribution is 2.36. The molecule has 0 saturated carbocycles. The zero-order valence-electron chi connectivity index (χ0n) is 8.98. The molecule has 1 atom stereocenters. The number of hydrogen-bond donors (Lipinski definition) is 2. The Morgan fingerprint density at radius 2 is 2.38 bits per heavy atom. The quantitative estimate of drug-likeness (QED) is 0.806. The number of phenols is 1. The molecule has 0 unspecified atom stereocenters. The fourth-order valence-electron chi connectivity index (χ4n) is 2.55. The minimum atomic E-state index is 0.371. The molecule has 1 aliphatic rings. The van der Waals surface area contributed by atoms with Gasteiger partial charge in [0.2, 0.25) is 0 Å². The number of fused-ring (bicyclic) bond motifs is 1. The lowest BCUT2D eigenvalue weighted by Crippen LogP contribution is -1.98. The zero-order valence-corrected chi connectivity index (χ0v) is 8.98. The number of rotatable bonds is 2. The Hall–Kier alpha value is -1.77. The topological polar surface area (TPSA) is 48.9 Å². The third-order valence-corrected chi connectivity index (χ3v) is 3.35. The molecule has 0 saturated heterocycles. The summed E-state index contributed by atoms with van der Waals surface area (Å²) in [4.78, 5) is 7.17. The third kappa shape index (κ3) is 1.58. The summed E-state index contributed by atoms with van der Waals surface area (Å²) in [6, 6.07) is 5.72. The summed E-state index contributed by atoms with van der Waals surface area (Å²) in [5.74, 6) is 0.887. The summed E-state index contributed by atoms with van der Waals surface area (Å²) >= 11 is 0. The number of nitrogens with zero attached hydrogens (tertiary/aromatic N) is 1. The molecule has 0 radical (unpaired) electrons. The fourth-order valence-corrected chi connectivity index (χ4v) is 2.55. The average Bonchev–Trinajstić information content (AvgIpc) is 2.90. The van der Waals surface area contributed by atoms with Crippen LogP contribution in [0.3, 0.4) is 0 Å². The summed E-state index contributed by atoms with van der Waals surface area (Å²) in [6.45, 7) is 0. The van der Waals surface area contributed by atoms with Gasteiger partial charge in [-0.25, -0.2) is 4.98 Å². The molecule has 3 nitrogen and oxygen atoms in total. The first-order valence-electron chi connectivity index (χ1n) is 5.62. The molecule has 1 aliphatic carbocycles. The highest BCUT2D eigenvalue weighted by Gasteiger charge is 2.23. The first kappa shape index (κ1) is 9.46. The maximum Gasteiger partial charge on any atom is 0.115 e. The van der Waals surface area contributed by atoms with Gasteiger partial charge in [0, 0.05) is 11.9 Å². The van der Waals surface area contributed by atoms with Gasteiger partial charge in [0.05, 0.1) is 6.33 Å². The average molecular weight is 214 g/mol. The van der Waals surface area contributed by atoms with Crippen LogP contribution in [0.2, 0.25) is 0 Å². The van der Waals surface area contributed by atoms with Gasteiger partial charge in [-0.05, 0) is 48.4 Å². The molecule has 2 aromatic rings. The first-order chi connectivity index (χ1) is 7.83. The molecule has 0 fully saturated rings. The van der Waals surface area contributed by atoms with E-state index in [2.05, 4.69) is 9.97 Å². The predicted octanol–water partition coefficient (Wildman–Crippen LogP) is 2.39. The monoisotopic (exact) mass is 214 g/mol. The number of imidazole rings is 1. The molecule has 1 heterocycles. The van der Waals surface area contributed by atoms with Crippen molar-refractivity contribution < 1.29 is 5.11 Å². The van der Waals surface area contributed by atoms with Crippen molar-refractivity contribution in [3.8, 4) is 5.75 Å². The molecule has 1 aromatic heterocycles. The van der Waals surface area contributed by atoms with Gasteiger partial charge in [-0.2, -0.15) is 0 Å². The van der Waals surface area contributed by atoms with Gasteiger partial charge in [0.25, 0.3) is 0 Å². The van der Waals surface area contributed by atoms with Gasteiger partial charge in [-0.1, -0.05) is 6.07 Å². The van der Waals surface area contributed by atoms with Crippen molar-refractivity contribution in [2.75, 3.05) is 0 Å². The lowest BCUT2D eigenvalue weighted by molar-refractivity contribution is 0.474. The number of phenolic OH excluding ortho intramolecular Hbond substituents is 1. The highest BCUT2D eigenvalue weighted by molar-refractivity contribution is 5.41. The minimum Gasteiger partial charge on any atom is -0.508 e. The van der Waals surface area contributed by atoms with E-state index in [-0.39, 0.29) is 0 Å². The van der Waals surface area contributed by atoms with Gasteiger partial charge >= 0.3 is 0 Å². The number of aromatic nitrogens is 2. The Labute approximate surface area is 94.2 Å². The molecule has 3 heteroatoms. The van der Waals surface area contributed by atoms with E-state index in [0.717, 1.165) is 19.3 Å². The summed E-state index contributed by atoms with van der Waals surface area (Å²) in [7, 11) is 0. The summed E-state index contributed by atoms with van der Waals surface area (Å²) in [5, 5.41) is 9.52. The number of benzene rings is 1. The van der Waals surface area contributed by atoms with Gasteiger partial charge < -0.3 is 10.1 Å². The molecule has 82 valence electrons. The number of H-pyrrole nitrogens is 1. The van der Waals surface area contributed by atoms with E-state index in [1.165, 1.54) is 16.8 Å². The largest absolute Gasteiger partial charge is 0.508 e. The van der Waals surface area contributed by atoms with Crippen molar-refractivity contribution in [3.05, 3.63) is 47.5 Å². The van der Waals surface area contributed by atoms with Crippen LogP contribution in [0.15, 0.2) is 30.7 Å². The third-order valence-electron chi connectivity index (χ3n) is 3.35. The van der Waals surface area contributed by atoms with Crippen molar-refractivity contribution in [3.63, 3.8) is 0 Å². The number of aryl methyl sites for hydroxylation is 1. The van der Waals surface area contributed by atoms with E-state index >= 15 is 0 Å². The molecule has 16 heavy (non-hydrogen) atoms. The van der Waals surface area contributed by atoms with Crippen LogP contribution in [0.25, 0.3) is 0 Å². The molecule has 0 amide bonds. The van der Waals surface area contributed by atoms with Crippen molar-refractivity contribution >= 4 is 0 Å². The summed E-state index contributed by atoms with van der Waals surface area (Å²) in [5.41, 5.74) is 3.85. The lowest BCUT2D eigenvalue weighted by atomic mass is 9.96. The van der Waals surface area contributed by atoms with E-state index in [4.69, 9.17) is 0 Å². The molecule has 0 bridgehead atoms. The van der Waals surface area contributed by atoms with Crippen molar-refractivity contribution in [1.29, 1.82) is 0 Å². The van der Waals surface area contributed by atoms with Crippen LogP contribution in [-0.4, -0.2) is 15.1 Å². The second kappa shape index (κ2) is 3.67. The number of aromatic amines is 1. The van der Waals surface area contributed by atoms with Gasteiger partial charge in [-0.15, -0.1) is 0 Å². The Morgan fingerprint density at radius 3 is 3.19 bits per heavy atom. The van der Waals surface area contributed by atoms with Crippen LogP contribution in [0.5, 0.6) is 5.75 Å². The fraction of sp³-hybridized carbons (Fsp3) is 0.308. The highest BCUT2D eigenvalue weighted by atomic mass is 16.3. The molecular weight excluding hydrogens is 200 g/mol. The van der Waals surface area contributed by atoms with Gasteiger partial charge in [0.15, 0.2) is 0 Å². The van der Waals surface area contributed by atoms with Crippen molar-refractivity contribution in [1.82, 2.24) is 9.97 Å². The smallest absolute Gasteiger partial charge is 0.115 e. The van der Waals surface area contributed by atoms with E-state index in [9.17, 15) is 5.11 Å². The van der Waals surface area contributed by atoms with E-state index in [1.807, 2.05) is 18.3 Å². The van der Waals surface area contributed by atoms with Crippen LogP contribution in [-0.2, 0) is 12.8 Å². The molecule has 3 rings (SSSR count). The van der Waals surface area contributed by atoms with Crippen LogP contribution in [0.1, 0.15) is 29.2 Å². The molecule has 0 aliphatic heterocycles. The van der Waals surface area contributed by atoms with Crippen LogP contribution < -0.4 is 0 Å². The molecule has 2 N–H and O–H groups in total. The van der Waals surface area contributed by atoms with Crippen molar-refractivity contribution in [2.45, 2.75) is 25.2 Å². The Morgan fingerprint density at radius 1 is 1.44 bits per heavy atom. The summed E-state index contributed by atoms with van der Waals surface area (Å²) in [6.07, 6.45) is 6.86. The zero-order chi connectivity index (χ0) is 11.0. The number of hydrogen-bond acceptors (Lipinski definition) is 2. The SMILES string of the molecule is Oc1ccc2c(c1)[C@@H](Cc1cnc[nH]1)CC2. The van der Waals surface area contributed by atoms with Crippen LogP contribution in [0.4, 0.5) is 0 Å². The van der Waals surface area contributed by atoms with Crippen LogP contribution >= 0.6 is 0 Å². The minimum absolute atomic E-state index is 0.371. The second-order valence-electron chi connectivity index (χ2n) is 4.40. The summed E-state index contributed by atoms with van der Waals surface area (Å²) < 4.78 is 0. The standard InChI is InChI=1S/C13H14N2O/c16-12-4-3-9-1-2-10(13(9)6-12)5-11-7-14-8-15-11/h3-4,6-8,10,16H,1-2,5H2,(H,14,15)/t10-/m1/s1. The van der Waals surface area contributed by atoms with E-state index in [1.54, 1.807) is 12.4 Å². The second-order valence-corrected chi connectivity index (χ2v) is 4.40. The normalized spacial score (nSPS) is 18.6. The predicted molar refractivity (Wildman–Crippen MR) is 61.5 cm³/mol. The molecule has 0 spiro atoms. The van der Waals surface area contributed by atoms with Crippen molar-refractivity contribution in [2.24, 2.45) is 0 Å². The number of aromatic hydroxyl groups is 1. The lowest BCUT2D eigenvalue weighted by Gasteiger charge is -2.10. The Kier molecular flexibility index (Phi) is 2.17. The Balaban J connectivity index is 1.88.